The first-order valence-corrected chi connectivity index (χ1v) is 9.99. The highest BCUT2D eigenvalue weighted by molar-refractivity contribution is 7.14. The second-order valence-corrected chi connectivity index (χ2v) is 7.21. The Bertz CT molecular complexity index is 1190. The Labute approximate surface area is 177 Å². The first kappa shape index (κ1) is 19.7. The minimum Gasteiger partial charge on any atom is -0.493 e. The van der Waals surface area contributed by atoms with E-state index in [4.69, 9.17) is 14.2 Å². The number of hydrazone groups is 1. The largest absolute Gasteiger partial charge is 0.493 e. The molecule has 0 amide bonds. The van der Waals surface area contributed by atoms with E-state index in [2.05, 4.69) is 20.5 Å². The fraction of sp³-hybridized carbons (Fsp3) is 0.190. The summed E-state index contributed by atoms with van der Waals surface area (Å²) in [5.74, 6) is 2.49. The molecule has 2 aromatic heterocycles. The molecular formula is C21H21N5O3S. The summed E-state index contributed by atoms with van der Waals surface area (Å²) in [4.78, 5) is 9.28. The molecule has 0 unspecified atom stereocenters. The Morgan fingerprint density at radius 2 is 1.77 bits per heavy atom. The molecule has 1 N–H and O–H groups in total. The van der Waals surface area contributed by atoms with E-state index in [0.717, 1.165) is 28.1 Å². The number of aryl methyl sites for hydroxylation is 1. The Kier molecular flexibility index (Phi) is 5.53. The zero-order valence-electron chi connectivity index (χ0n) is 17.0. The monoisotopic (exact) mass is 423 g/mol. The Morgan fingerprint density at radius 1 is 1.03 bits per heavy atom. The van der Waals surface area contributed by atoms with Gasteiger partial charge < -0.3 is 18.8 Å². The number of hydrogen-bond acceptors (Lipinski definition) is 8. The van der Waals surface area contributed by atoms with Crippen molar-refractivity contribution in [2.45, 2.75) is 0 Å². The molecule has 0 atom stereocenters. The molecule has 0 saturated heterocycles. The van der Waals surface area contributed by atoms with Gasteiger partial charge in [-0.15, -0.1) is 11.3 Å². The quantitative estimate of drug-likeness (QED) is 0.355. The molecule has 2 heterocycles. The van der Waals surface area contributed by atoms with Crippen LogP contribution in [0.4, 0.5) is 5.13 Å². The molecule has 8 nitrogen and oxygen atoms in total. The van der Waals surface area contributed by atoms with E-state index in [1.165, 1.54) is 11.3 Å². The molecule has 0 bridgehead atoms. The number of aromatic nitrogens is 3. The van der Waals surface area contributed by atoms with Crippen molar-refractivity contribution in [2.24, 2.45) is 12.1 Å². The molecule has 0 saturated carbocycles. The van der Waals surface area contributed by atoms with Crippen molar-refractivity contribution in [3.8, 4) is 28.8 Å². The highest BCUT2D eigenvalue weighted by Crippen LogP contribution is 2.37. The van der Waals surface area contributed by atoms with Gasteiger partial charge in [0.1, 0.15) is 5.69 Å². The highest BCUT2D eigenvalue weighted by Gasteiger charge is 2.14. The lowest BCUT2D eigenvalue weighted by molar-refractivity contribution is 0.324. The Morgan fingerprint density at radius 3 is 2.43 bits per heavy atom. The molecule has 0 radical (unpaired) electrons. The molecule has 0 spiro atoms. The minimum absolute atomic E-state index is 0.539. The number of rotatable bonds is 7. The standard InChI is InChI=1S/C21H21N5O3S/c1-26-16-8-6-5-7-14(16)23-20(26)15-12-30-21(24-15)25-22-11-13-9-17(27-2)19(29-4)18(10-13)28-3/h5-12H,1-4H3,(H,24,25)/b22-11-. The molecule has 4 aromatic rings. The summed E-state index contributed by atoms with van der Waals surface area (Å²) in [6.07, 6.45) is 1.67. The van der Waals surface area contributed by atoms with Crippen molar-refractivity contribution < 1.29 is 14.2 Å². The third kappa shape index (κ3) is 3.67. The lowest BCUT2D eigenvalue weighted by Gasteiger charge is -2.12. The number of methoxy groups -OCH3 is 3. The second-order valence-electron chi connectivity index (χ2n) is 6.35. The number of benzene rings is 2. The predicted octanol–water partition coefficient (Wildman–Crippen LogP) is 4.17. The van der Waals surface area contributed by atoms with Crippen molar-refractivity contribution in [1.82, 2.24) is 14.5 Å². The zero-order valence-corrected chi connectivity index (χ0v) is 17.9. The van der Waals surface area contributed by atoms with Crippen molar-refractivity contribution in [3.05, 3.63) is 47.3 Å². The van der Waals surface area contributed by atoms with E-state index in [-0.39, 0.29) is 0 Å². The minimum atomic E-state index is 0.539. The molecule has 0 aliphatic carbocycles. The van der Waals surface area contributed by atoms with Gasteiger partial charge in [0.25, 0.3) is 0 Å². The van der Waals surface area contributed by atoms with Crippen LogP contribution in [0.25, 0.3) is 22.6 Å². The van der Waals surface area contributed by atoms with Gasteiger partial charge in [-0.3, -0.25) is 5.43 Å². The summed E-state index contributed by atoms with van der Waals surface area (Å²) >= 11 is 1.46. The molecule has 4 rings (SSSR count). The SMILES string of the molecule is COc1cc(/C=N\Nc2nc(-c3nc4ccccc4n3C)cs2)cc(OC)c1OC. The molecule has 154 valence electrons. The Hall–Kier alpha value is -3.59. The van der Waals surface area contributed by atoms with Gasteiger partial charge in [0.2, 0.25) is 10.9 Å². The van der Waals surface area contributed by atoms with Gasteiger partial charge >= 0.3 is 0 Å². The van der Waals surface area contributed by atoms with Crippen molar-refractivity contribution in [2.75, 3.05) is 26.8 Å². The first-order chi connectivity index (χ1) is 14.6. The fourth-order valence-corrected chi connectivity index (χ4v) is 3.78. The third-order valence-corrected chi connectivity index (χ3v) is 5.33. The molecular weight excluding hydrogens is 402 g/mol. The van der Waals surface area contributed by atoms with Crippen molar-refractivity contribution >= 4 is 33.7 Å². The highest BCUT2D eigenvalue weighted by atomic mass is 32.1. The van der Waals surface area contributed by atoms with Gasteiger partial charge in [-0.1, -0.05) is 12.1 Å². The van der Waals surface area contributed by atoms with E-state index in [9.17, 15) is 0 Å². The number of ether oxygens (including phenoxy) is 3. The Balaban J connectivity index is 1.53. The summed E-state index contributed by atoms with van der Waals surface area (Å²) < 4.78 is 18.1. The number of para-hydroxylation sites is 2. The fourth-order valence-electron chi connectivity index (χ4n) is 3.14. The molecule has 0 fully saturated rings. The van der Waals surface area contributed by atoms with Crippen LogP contribution in [0.2, 0.25) is 0 Å². The van der Waals surface area contributed by atoms with Gasteiger partial charge in [0, 0.05) is 18.0 Å². The summed E-state index contributed by atoms with van der Waals surface area (Å²) in [5.41, 5.74) is 6.57. The van der Waals surface area contributed by atoms with Gasteiger partial charge in [-0.25, -0.2) is 9.97 Å². The van der Waals surface area contributed by atoms with E-state index in [1.807, 2.05) is 53.4 Å². The van der Waals surface area contributed by atoms with Crippen LogP contribution in [0, 0.1) is 0 Å². The van der Waals surface area contributed by atoms with Crippen LogP contribution < -0.4 is 19.6 Å². The number of nitrogens with zero attached hydrogens (tertiary/aromatic N) is 4. The second kappa shape index (κ2) is 8.42. The lowest BCUT2D eigenvalue weighted by Crippen LogP contribution is -1.97. The predicted molar refractivity (Wildman–Crippen MR) is 119 cm³/mol. The van der Waals surface area contributed by atoms with Gasteiger partial charge in [0.05, 0.1) is 38.6 Å². The topological polar surface area (TPSA) is 82.8 Å². The molecule has 30 heavy (non-hydrogen) atoms. The number of fused-ring (bicyclic) bond motifs is 1. The van der Waals surface area contributed by atoms with Crippen LogP contribution >= 0.6 is 11.3 Å². The lowest BCUT2D eigenvalue weighted by atomic mass is 10.2. The summed E-state index contributed by atoms with van der Waals surface area (Å²) in [6, 6.07) is 11.6. The van der Waals surface area contributed by atoms with E-state index in [0.29, 0.717) is 22.4 Å². The van der Waals surface area contributed by atoms with E-state index < -0.39 is 0 Å². The number of hydrogen-bond donors (Lipinski definition) is 1. The van der Waals surface area contributed by atoms with Crippen LogP contribution in [-0.2, 0) is 7.05 Å². The number of anilines is 1. The van der Waals surface area contributed by atoms with Crippen LogP contribution in [0.5, 0.6) is 17.2 Å². The maximum Gasteiger partial charge on any atom is 0.203 e. The van der Waals surface area contributed by atoms with Crippen LogP contribution in [0.3, 0.4) is 0 Å². The van der Waals surface area contributed by atoms with E-state index >= 15 is 0 Å². The van der Waals surface area contributed by atoms with Gasteiger partial charge in [-0.05, 0) is 24.3 Å². The summed E-state index contributed by atoms with van der Waals surface area (Å²) in [7, 11) is 6.71. The molecule has 9 heteroatoms. The number of nitrogens with one attached hydrogen (secondary N) is 1. The zero-order chi connectivity index (χ0) is 21.1. The average molecular weight is 423 g/mol. The number of thiazole rings is 1. The smallest absolute Gasteiger partial charge is 0.203 e. The summed E-state index contributed by atoms with van der Waals surface area (Å²) in [5, 5.41) is 6.91. The third-order valence-electron chi connectivity index (χ3n) is 4.58. The first-order valence-electron chi connectivity index (χ1n) is 9.11. The van der Waals surface area contributed by atoms with E-state index in [1.54, 1.807) is 27.5 Å². The van der Waals surface area contributed by atoms with Gasteiger partial charge in [0.15, 0.2) is 17.3 Å². The van der Waals surface area contributed by atoms with Crippen LogP contribution in [-0.4, -0.2) is 42.1 Å². The van der Waals surface area contributed by atoms with Crippen LogP contribution in [0.15, 0.2) is 46.9 Å². The maximum absolute atomic E-state index is 5.37. The molecule has 0 aliphatic heterocycles. The molecule has 0 aliphatic rings. The normalized spacial score (nSPS) is 11.2. The maximum atomic E-state index is 5.37. The van der Waals surface area contributed by atoms with Gasteiger partial charge in [-0.2, -0.15) is 5.10 Å². The number of imidazole rings is 1. The average Bonchev–Trinajstić information content (AvgIpc) is 3.37. The van der Waals surface area contributed by atoms with Crippen molar-refractivity contribution in [1.29, 1.82) is 0 Å². The molecule has 2 aromatic carbocycles. The summed E-state index contributed by atoms with van der Waals surface area (Å²) in [6.45, 7) is 0. The van der Waals surface area contributed by atoms with Crippen LogP contribution in [0.1, 0.15) is 5.56 Å². The van der Waals surface area contributed by atoms with Crippen molar-refractivity contribution in [3.63, 3.8) is 0 Å².